The Kier molecular flexibility index (Phi) is 6.55. The summed E-state index contributed by atoms with van der Waals surface area (Å²) in [6.07, 6.45) is 1.53. The first kappa shape index (κ1) is 23.1. The van der Waals surface area contributed by atoms with E-state index >= 15 is 0 Å². The molecule has 1 aliphatic rings. The number of methoxy groups -OCH3 is 1. The highest BCUT2D eigenvalue weighted by atomic mass is 35.5. The van der Waals surface area contributed by atoms with Gasteiger partial charge < -0.3 is 15.0 Å². The molecule has 0 radical (unpaired) electrons. The zero-order valence-corrected chi connectivity index (χ0v) is 20.4. The van der Waals surface area contributed by atoms with Crippen LogP contribution in [0.25, 0.3) is 17.0 Å². The number of amides is 1. The molecule has 9 heteroatoms. The van der Waals surface area contributed by atoms with Crippen molar-refractivity contribution >= 4 is 29.0 Å². The van der Waals surface area contributed by atoms with Crippen LogP contribution in [0, 0.1) is 5.92 Å². The van der Waals surface area contributed by atoms with Crippen molar-refractivity contribution in [1.82, 2.24) is 25.1 Å². The minimum Gasteiger partial charge on any atom is -0.497 e. The normalized spacial score (nSPS) is 15.2. The molecule has 1 aliphatic heterocycles. The molecule has 5 rings (SSSR count). The van der Waals surface area contributed by atoms with Gasteiger partial charge in [0.05, 0.1) is 13.2 Å². The van der Waals surface area contributed by atoms with Crippen LogP contribution in [0.4, 0.5) is 5.82 Å². The van der Waals surface area contributed by atoms with Crippen LogP contribution < -0.4 is 15.0 Å². The molecule has 2 aromatic carbocycles. The number of aromatic nitrogens is 4. The maximum atomic E-state index is 12.9. The molecule has 3 heterocycles. The van der Waals surface area contributed by atoms with Crippen LogP contribution in [0.3, 0.4) is 0 Å². The second kappa shape index (κ2) is 9.92. The van der Waals surface area contributed by atoms with Crippen LogP contribution in [-0.4, -0.2) is 45.9 Å². The van der Waals surface area contributed by atoms with Gasteiger partial charge in [0.15, 0.2) is 11.5 Å². The number of fused-ring (bicyclic) bond motifs is 1. The molecule has 0 bridgehead atoms. The summed E-state index contributed by atoms with van der Waals surface area (Å²) in [6, 6.07) is 19.1. The van der Waals surface area contributed by atoms with Crippen LogP contribution in [0.2, 0.25) is 5.02 Å². The second-order valence-corrected chi connectivity index (χ2v) is 9.20. The number of piperidine rings is 1. The number of ether oxygens (including phenoxy) is 1. The number of nitrogens with one attached hydrogen (secondary N) is 1. The van der Waals surface area contributed by atoms with Crippen molar-refractivity contribution in [3.63, 3.8) is 0 Å². The highest BCUT2D eigenvalue weighted by molar-refractivity contribution is 6.30. The van der Waals surface area contributed by atoms with Crippen molar-refractivity contribution in [2.24, 2.45) is 5.92 Å². The zero-order valence-electron chi connectivity index (χ0n) is 19.7. The second-order valence-electron chi connectivity index (χ2n) is 8.76. The van der Waals surface area contributed by atoms with E-state index in [4.69, 9.17) is 21.4 Å². The fourth-order valence-electron chi connectivity index (χ4n) is 4.42. The zero-order chi connectivity index (χ0) is 24.4. The Bertz CT molecular complexity index is 1330. The third kappa shape index (κ3) is 4.93. The summed E-state index contributed by atoms with van der Waals surface area (Å²) in [7, 11) is 1.64. The predicted molar refractivity (Wildman–Crippen MR) is 136 cm³/mol. The van der Waals surface area contributed by atoms with E-state index in [2.05, 4.69) is 20.4 Å². The molecule has 2 aromatic heterocycles. The van der Waals surface area contributed by atoms with E-state index in [1.807, 2.05) is 67.6 Å². The summed E-state index contributed by atoms with van der Waals surface area (Å²) in [5.41, 5.74) is 2.60. The lowest BCUT2D eigenvalue weighted by Gasteiger charge is -2.32. The van der Waals surface area contributed by atoms with E-state index in [1.165, 1.54) is 0 Å². The lowest BCUT2D eigenvalue weighted by atomic mass is 9.95. The summed E-state index contributed by atoms with van der Waals surface area (Å²) < 4.78 is 7.06. The number of nitrogens with zero attached hydrogens (tertiary/aromatic N) is 5. The number of rotatable bonds is 6. The fraction of sp³-hybridized carbons (Fsp3) is 0.308. The molecule has 8 nitrogen and oxygen atoms in total. The fourth-order valence-corrected chi connectivity index (χ4v) is 4.55. The molecule has 1 N–H and O–H groups in total. The summed E-state index contributed by atoms with van der Waals surface area (Å²) in [5.74, 6) is 2.36. The molecule has 1 amide bonds. The SMILES string of the molecule is COc1cccc([C@@H](C)NC(=O)C2CCN(c3ccc4nnc(-c5ccc(Cl)cc5)n4n3)CC2)c1. The number of hydrogen-bond acceptors (Lipinski definition) is 6. The van der Waals surface area contributed by atoms with Gasteiger partial charge in [0.2, 0.25) is 5.91 Å². The van der Waals surface area contributed by atoms with Crippen molar-refractivity contribution in [2.45, 2.75) is 25.8 Å². The van der Waals surface area contributed by atoms with E-state index in [-0.39, 0.29) is 17.9 Å². The van der Waals surface area contributed by atoms with E-state index in [0.29, 0.717) is 16.5 Å². The van der Waals surface area contributed by atoms with Crippen molar-refractivity contribution in [3.8, 4) is 17.1 Å². The number of halogens is 1. The Morgan fingerprint density at radius 1 is 1.09 bits per heavy atom. The molecular formula is C26H27ClN6O2. The summed E-state index contributed by atoms with van der Waals surface area (Å²) in [6.45, 7) is 3.50. The van der Waals surface area contributed by atoms with Crippen molar-refractivity contribution in [3.05, 3.63) is 71.2 Å². The van der Waals surface area contributed by atoms with Crippen LogP contribution in [-0.2, 0) is 4.79 Å². The maximum Gasteiger partial charge on any atom is 0.223 e. The monoisotopic (exact) mass is 490 g/mol. The van der Waals surface area contributed by atoms with Gasteiger partial charge >= 0.3 is 0 Å². The Hall–Kier alpha value is -3.65. The summed E-state index contributed by atoms with van der Waals surface area (Å²) in [4.78, 5) is 15.1. The van der Waals surface area contributed by atoms with Crippen LogP contribution in [0.5, 0.6) is 5.75 Å². The van der Waals surface area contributed by atoms with Gasteiger partial charge in [-0.25, -0.2) is 0 Å². The number of carbonyl (C=O) groups excluding carboxylic acids is 1. The molecular weight excluding hydrogens is 464 g/mol. The molecule has 0 aliphatic carbocycles. The van der Waals surface area contributed by atoms with Gasteiger partial charge in [-0.05, 0) is 73.9 Å². The number of benzene rings is 2. The maximum absolute atomic E-state index is 12.9. The standard InChI is InChI=1S/C26H27ClN6O2/c1-17(20-4-3-5-22(16-20)35-2)28-26(34)19-12-14-32(15-13-19)24-11-10-23-29-30-25(33(23)31-24)18-6-8-21(27)9-7-18/h3-11,16-17,19H,12-15H2,1-2H3,(H,28,34)/t17-/m1/s1. The Morgan fingerprint density at radius 2 is 1.86 bits per heavy atom. The molecule has 1 atom stereocenters. The summed E-state index contributed by atoms with van der Waals surface area (Å²) in [5, 5.41) is 17.2. The van der Waals surface area contributed by atoms with Crippen molar-refractivity contribution < 1.29 is 9.53 Å². The molecule has 0 spiro atoms. The van der Waals surface area contributed by atoms with Crippen LogP contribution >= 0.6 is 11.6 Å². The van der Waals surface area contributed by atoms with E-state index < -0.39 is 0 Å². The van der Waals surface area contributed by atoms with Crippen molar-refractivity contribution in [1.29, 1.82) is 0 Å². The molecule has 4 aromatic rings. The largest absolute Gasteiger partial charge is 0.497 e. The van der Waals surface area contributed by atoms with E-state index in [1.54, 1.807) is 11.6 Å². The molecule has 35 heavy (non-hydrogen) atoms. The van der Waals surface area contributed by atoms with Crippen molar-refractivity contribution in [2.75, 3.05) is 25.1 Å². The highest BCUT2D eigenvalue weighted by Crippen LogP contribution is 2.26. The lowest BCUT2D eigenvalue weighted by Crippen LogP contribution is -2.41. The van der Waals surface area contributed by atoms with Gasteiger partial charge in [-0.3, -0.25) is 4.79 Å². The average molecular weight is 491 g/mol. The smallest absolute Gasteiger partial charge is 0.223 e. The number of hydrogen-bond donors (Lipinski definition) is 1. The number of anilines is 1. The van der Waals surface area contributed by atoms with Gasteiger partial charge in [0.1, 0.15) is 11.6 Å². The van der Waals surface area contributed by atoms with Gasteiger partial charge in [-0.15, -0.1) is 15.3 Å². The molecule has 1 saturated heterocycles. The average Bonchev–Trinajstić information content (AvgIpc) is 3.32. The first-order chi connectivity index (χ1) is 17.0. The van der Waals surface area contributed by atoms with E-state index in [0.717, 1.165) is 48.6 Å². The van der Waals surface area contributed by atoms with Gasteiger partial charge in [-0.2, -0.15) is 4.52 Å². The lowest BCUT2D eigenvalue weighted by molar-refractivity contribution is -0.126. The first-order valence-electron chi connectivity index (χ1n) is 11.7. The summed E-state index contributed by atoms with van der Waals surface area (Å²) >= 11 is 6.02. The van der Waals surface area contributed by atoms with Crippen LogP contribution in [0.15, 0.2) is 60.7 Å². The topological polar surface area (TPSA) is 84.6 Å². The quantitative estimate of drug-likeness (QED) is 0.427. The highest BCUT2D eigenvalue weighted by Gasteiger charge is 2.27. The predicted octanol–water partition coefficient (Wildman–Crippen LogP) is 4.55. The third-order valence-corrected chi connectivity index (χ3v) is 6.75. The van der Waals surface area contributed by atoms with Gasteiger partial charge in [0.25, 0.3) is 0 Å². The Morgan fingerprint density at radius 3 is 2.60 bits per heavy atom. The van der Waals surface area contributed by atoms with Gasteiger partial charge in [-0.1, -0.05) is 23.7 Å². The number of carbonyl (C=O) groups is 1. The van der Waals surface area contributed by atoms with Crippen LogP contribution in [0.1, 0.15) is 31.4 Å². The molecule has 1 fully saturated rings. The Labute approximate surface area is 208 Å². The molecule has 0 unspecified atom stereocenters. The van der Waals surface area contributed by atoms with E-state index in [9.17, 15) is 4.79 Å². The third-order valence-electron chi connectivity index (χ3n) is 6.49. The molecule has 180 valence electrons. The first-order valence-corrected chi connectivity index (χ1v) is 12.1. The minimum absolute atomic E-state index is 0.0254. The van der Waals surface area contributed by atoms with Gasteiger partial charge in [0, 0.05) is 29.6 Å². The minimum atomic E-state index is -0.0836. The molecule has 0 saturated carbocycles. The Balaban J connectivity index is 1.24.